The zero-order chi connectivity index (χ0) is 28.8. The number of ether oxygens (including phenoxy) is 2. The number of nitrogen functional groups attached to an aromatic ring is 1. The van der Waals surface area contributed by atoms with Gasteiger partial charge in [0.1, 0.15) is 17.8 Å². The fourth-order valence-electron chi connectivity index (χ4n) is 3.05. The summed E-state index contributed by atoms with van der Waals surface area (Å²) in [4.78, 5) is 21.5. The van der Waals surface area contributed by atoms with Crippen LogP contribution < -0.4 is 25.0 Å². The summed E-state index contributed by atoms with van der Waals surface area (Å²) in [7, 11) is 1.23. The smallest absolute Gasteiger partial charge is 0.430 e. The molecule has 0 bridgehead atoms. The topological polar surface area (TPSA) is 136 Å². The molecule has 208 valence electrons. The highest BCUT2D eigenvalue weighted by Crippen LogP contribution is 2.32. The number of carbonyl (C=O) groups is 2. The Balaban J connectivity index is 0.000000638. The summed E-state index contributed by atoms with van der Waals surface area (Å²) in [6, 6.07) is 6.13. The first kappa shape index (κ1) is 30.1. The van der Waals surface area contributed by atoms with Gasteiger partial charge >= 0.3 is 23.9 Å². The summed E-state index contributed by atoms with van der Waals surface area (Å²) in [6.45, 7) is 3.67. The minimum Gasteiger partial charge on any atom is -0.542 e. The number of rotatable bonds is 8. The van der Waals surface area contributed by atoms with Crippen LogP contribution in [0.15, 0.2) is 30.3 Å². The molecule has 2 heterocycles. The van der Waals surface area contributed by atoms with Gasteiger partial charge in [-0.1, -0.05) is 18.4 Å². The van der Waals surface area contributed by atoms with Crippen LogP contribution >= 0.6 is 0 Å². The van der Waals surface area contributed by atoms with Gasteiger partial charge in [0.2, 0.25) is 5.78 Å². The first-order valence-electron chi connectivity index (χ1n) is 10.9. The van der Waals surface area contributed by atoms with Crippen molar-refractivity contribution in [3.8, 4) is 11.6 Å². The van der Waals surface area contributed by atoms with Gasteiger partial charge in [0.25, 0.3) is 5.88 Å². The van der Waals surface area contributed by atoms with Crippen LogP contribution in [0.25, 0.3) is 5.65 Å². The third-order valence-electron chi connectivity index (χ3n) is 5.01. The average Bonchev–Trinajstić information content (AvgIpc) is 3.15. The second-order valence-electron chi connectivity index (χ2n) is 7.67. The molecule has 0 aliphatic rings. The number of benzene rings is 1. The number of fused-ring (bicyclic) bond motifs is 1. The molecular formula is C22H23F6N5O5. The van der Waals surface area contributed by atoms with E-state index in [1.54, 1.807) is 12.1 Å². The highest BCUT2D eigenvalue weighted by molar-refractivity contribution is 5.95. The summed E-state index contributed by atoms with van der Waals surface area (Å²) in [5, 5.41) is 17.2. The molecule has 38 heavy (non-hydrogen) atoms. The fraction of sp³-hybridized carbons (Fsp3) is 0.409. The Labute approximate surface area is 211 Å². The minimum absolute atomic E-state index is 0.000661. The SMILES string of the molecule is CCC(CC)Oc1ccc2n(n1)c(N)n[n+]2CC(=O)c1cc(OC)cc(C(F)(F)F)c1.O=C([O-])C(F)(F)F. The van der Waals surface area contributed by atoms with E-state index >= 15 is 0 Å². The lowest BCUT2D eigenvalue weighted by Gasteiger charge is -2.13. The van der Waals surface area contributed by atoms with Crippen molar-refractivity contribution in [3.05, 3.63) is 41.5 Å². The predicted molar refractivity (Wildman–Crippen MR) is 116 cm³/mol. The number of aliphatic carboxylic acids is 1. The molecular weight excluding hydrogens is 528 g/mol. The number of alkyl halides is 6. The number of Topliss-reactive ketones (excluding diaryl/α,β-unsaturated/α-hetero) is 1. The largest absolute Gasteiger partial charge is 0.542 e. The minimum atomic E-state index is -5.19. The number of aromatic nitrogens is 4. The van der Waals surface area contributed by atoms with E-state index in [-0.39, 0.29) is 29.9 Å². The molecule has 2 aromatic heterocycles. The van der Waals surface area contributed by atoms with E-state index in [9.17, 15) is 31.1 Å². The van der Waals surface area contributed by atoms with Gasteiger partial charge in [0, 0.05) is 17.7 Å². The monoisotopic (exact) mass is 551 g/mol. The molecule has 0 saturated carbocycles. The zero-order valence-corrected chi connectivity index (χ0v) is 20.3. The number of nitrogens with two attached hydrogens (primary N) is 1. The number of methoxy groups -OCH3 is 1. The summed E-state index contributed by atoms with van der Waals surface area (Å²) in [5.41, 5.74) is 5.18. The van der Waals surface area contributed by atoms with Crippen LogP contribution in [0.1, 0.15) is 42.6 Å². The van der Waals surface area contributed by atoms with Crippen molar-refractivity contribution < 1.29 is 55.2 Å². The molecule has 0 spiro atoms. The van der Waals surface area contributed by atoms with Crippen molar-refractivity contribution in [1.82, 2.24) is 14.7 Å². The van der Waals surface area contributed by atoms with Crippen LogP contribution in [0.3, 0.4) is 0 Å². The Morgan fingerprint density at radius 2 is 1.71 bits per heavy atom. The Bertz CT molecular complexity index is 1290. The van der Waals surface area contributed by atoms with Crippen molar-refractivity contribution in [2.24, 2.45) is 0 Å². The molecule has 3 rings (SSSR count). The van der Waals surface area contributed by atoms with E-state index in [1.165, 1.54) is 22.4 Å². The lowest BCUT2D eigenvalue weighted by molar-refractivity contribution is -0.714. The van der Waals surface area contributed by atoms with E-state index in [4.69, 9.17) is 25.1 Å². The van der Waals surface area contributed by atoms with Crippen molar-refractivity contribution in [3.63, 3.8) is 0 Å². The maximum Gasteiger partial charge on any atom is 0.430 e. The fourth-order valence-corrected chi connectivity index (χ4v) is 3.05. The quantitative estimate of drug-likeness (QED) is 0.256. The van der Waals surface area contributed by atoms with Gasteiger partial charge in [0.15, 0.2) is 6.54 Å². The van der Waals surface area contributed by atoms with Gasteiger partial charge in [-0.25, -0.2) is 0 Å². The lowest BCUT2D eigenvalue weighted by Crippen LogP contribution is -2.40. The van der Waals surface area contributed by atoms with Crippen molar-refractivity contribution in [2.45, 2.75) is 51.7 Å². The third kappa shape index (κ3) is 7.69. The van der Waals surface area contributed by atoms with Crippen LogP contribution in [-0.4, -0.2) is 45.9 Å². The number of carboxylic acids is 1. The summed E-state index contributed by atoms with van der Waals surface area (Å²) in [6.07, 6.45) is -8.19. The first-order chi connectivity index (χ1) is 17.6. The molecule has 0 fully saturated rings. The molecule has 2 N–H and O–H groups in total. The molecule has 0 aliphatic carbocycles. The third-order valence-corrected chi connectivity index (χ3v) is 5.01. The second kappa shape index (κ2) is 12.0. The number of halogens is 6. The molecule has 0 aliphatic heterocycles. The number of anilines is 1. The normalized spacial score (nSPS) is 11.7. The van der Waals surface area contributed by atoms with E-state index in [0.717, 1.165) is 25.0 Å². The molecule has 3 aromatic rings. The second-order valence-corrected chi connectivity index (χ2v) is 7.67. The maximum atomic E-state index is 13.1. The standard InChI is InChI=1S/C20H23F3N5O3.C2HF3O2/c1-4-14(5-2)31-17-6-7-18-27(26-19(24)28(18)25-17)11-16(29)12-8-13(20(21,22)23)10-15(9-12)30-3;3-2(4,5)1(6)7/h6-10,14H,4-5,11H2,1-3H3,(H2,24,26);(H,6,7)/q+1;/p-1. The van der Waals surface area contributed by atoms with Crippen molar-refractivity contribution in [2.75, 3.05) is 12.8 Å². The Morgan fingerprint density at radius 1 is 1.11 bits per heavy atom. The summed E-state index contributed by atoms with van der Waals surface area (Å²) in [5.74, 6) is -3.30. The van der Waals surface area contributed by atoms with Gasteiger partial charge in [-0.2, -0.15) is 26.3 Å². The average molecular weight is 551 g/mol. The maximum absolute atomic E-state index is 13.1. The molecule has 0 saturated heterocycles. The number of hydrogen-bond donors (Lipinski definition) is 1. The van der Waals surface area contributed by atoms with E-state index < -0.39 is 29.7 Å². The number of nitrogens with zero attached hydrogens (tertiary/aromatic N) is 4. The van der Waals surface area contributed by atoms with E-state index in [0.29, 0.717) is 11.5 Å². The zero-order valence-electron chi connectivity index (χ0n) is 20.3. The predicted octanol–water partition coefficient (Wildman–Crippen LogP) is 2.38. The molecule has 0 amide bonds. The summed E-state index contributed by atoms with van der Waals surface area (Å²) < 4.78 is 84.3. The summed E-state index contributed by atoms with van der Waals surface area (Å²) >= 11 is 0. The first-order valence-corrected chi connectivity index (χ1v) is 10.9. The molecule has 10 nitrogen and oxygen atoms in total. The van der Waals surface area contributed by atoms with E-state index in [1.807, 2.05) is 13.8 Å². The number of hydrogen-bond acceptors (Lipinski definition) is 8. The Kier molecular flexibility index (Phi) is 9.48. The van der Waals surface area contributed by atoms with Gasteiger partial charge in [-0.05, 0) is 41.2 Å². The highest BCUT2D eigenvalue weighted by Gasteiger charge is 2.33. The number of carboxylic acid groups (broad SMARTS) is 1. The lowest BCUT2D eigenvalue weighted by atomic mass is 10.1. The van der Waals surface area contributed by atoms with Crippen LogP contribution in [0.2, 0.25) is 0 Å². The molecule has 0 atom stereocenters. The Morgan fingerprint density at radius 3 is 2.21 bits per heavy atom. The van der Waals surface area contributed by atoms with Gasteiger partial charge in [-0.3, -0.25) is 4.79 Å². The van der Waals surface area contributed by atoms with Crippen LogP contribution in [-0.2, 0) is 17.5 Å². The van der Waals surface area contributed by atoms with Crippen LogP contribution in [0, 0.1) is 0 Å². The van der Waals surface area contributed by atoms with Gasteiger partial charge < -0.3 is 25.1 Å². The molecule has 1 aromatic carbocycles. The van der Waals surface area contributed by atoms with Gasteiger partial charge in [0.05, 0.1) is 12.7 Å². The van der Waals surface area contributed by atoms with Crippen molar-refractivity contribution >= 4 is 23.3 Å². The van der Waals surface area contributed by atoms with E-state index in [2.05, 4.69) is 10.2 Å². The number of carbonyl (C=O) groups excluding carboxylic acids is 2. The van der Waals surface area contributed by atoms with Gasteiger partial charge in [-0.15, -0.1) is 4.68 Å². The number of ketones is 1. The highest BCUT2D eigenvalue weighted by atomic mass is 19.4. The molecule has 0 radical (unpaired) electrons. The molecule has 0 unspecified atom stereocenters. The van der Waals surface area contributed by atoms with Crippen LogP contribution in [0.4, 0.5) is 32.3 Å². The molecule has 16 heteroatoms. The van der Waals surface area contributed by atoms with Crippen molar-refractivity contribution in [1.29, 1.82) is 0 Å². The van der Waals surface area contributed by atoms with Crippen LogP contribution in [0.5, 0.6) is 11.6 Å². The Hall–Kier alpha value is -4.11.